The van der Waals surface area contributed by atoms with E-state index in [0.717, 1.165) is 32.3 Å². The molecule has 1 aromatic rings. The van der Waals surface area contributed by atoms with Gasteiger partial charge in [0.2, 0.25) is 5.89 Å². The van der Waals surface area contributed by atoms with E-state index >= 15 is 0 Å². The first-order valence-corrected chi connectivity index (χ1v) is 7.33. The minimum absolute atomic E-state index is 0.194. The van der Waals surface area contributed by atoms with Crippen LogP contribution in [0.1, 0.15) is 56.2 Å². The standard InChI is InChI=1S/C14H20N2O4/c17-13(18)14(5-2-1-3-6-14)8-11-15-12(16-20-11)10-4-7-19-9-10/h10H,1-9H2,(H,17,18). The number of aromatic nitrogens is 2. The van der Waals surface area contributed by atoms with Gasteiger partial charge in [0.25, 0.3) is 0 Å². The first-order valence-electron chi connectivity index (χ1n) is 7.33. The van der Waals surface area contributed by atoms with Gasteiger partial charge in [0.1, 0.15) is 0 Å². The van der Waals surface area contributed by atoms with Gasteiger partial charge in [-0.1, -0.05) is 24.4 Å². The Balaban J connectivity index is 1.73. The molecule has 1 saturated heterocycles. The molecule has 0 radical (unpaired) electrons. The van der Waals surface area contributed by atoms with Gasteiger partial charge in [0.05, 0.1) is 12.0 Å². The third-order valence-corrected chi connectivity index (χ3v) is 4.53. The summed E-state index contributed by atoms with van der Waals surface area (Å²) in [6.45, 7) is 1.36. The molecule has 2 fully saturated rings. The van der Waals surface area contributed by atoms with Crippen LogP contribution in [-0.2, 0) is 16.0 Å². The smallest absolute Gasteiger partial charge is 0.310 e. The number of hydrogen-bond acceptors (Lipinski definition) is 5. The Labute approximate surface area is 117 Å². The fraction of sp³-hybridized carbons (Fsp3) is 0.786. The monoisotopic (exact) mass is 280 g/mol. The van der Waals surface area contributed by atoms with Crippen LogP contribution in [0.4, 0.5) is 0 Å². The molecule has 6 nitrogen and oxygen atoms in total. The molecule has 1 aliphatic heterocycles. The van der Waals surface area contributed by atoms with Gasteiger partial charge in [-0.15, -0.1) is 0 Å². The van der Waals surface area contributed by atoms with Crippen molar-refractivity contribution >= 4 is 5.97 Å². The zero-order valence-electron chi connectivity index (χ0n) is 11.5. The predicted octanol–water partition coefficient (Wildman–Crippen LogP) is 2.15. The summed E-state index contributed by atoms with van der Waals surface area (Å²) < 4.78 is 10.6. The zero-order valence-corrected chi connectivity index (χ0v) is 11.5. The molecule has 0 bridgehead atoms. The molecule has 2 heterocycles. The van der Waals surface area contributed by atoms with E-state index in [9.17, 15) is 9.90 Å². The third-order valence-electron chi connectivity index (χ3n) is 4.53. The van der Waals surface area contributed by atoms with Crippen molar-refractivity contribution < 1.29 is 19.2 Å². The lowest BCUT2D eigenvalue weighted by molar-refractivity contribution is -0.151. The van der Waals surface area contributed by atoms with Gasteiger partial charge >= 0.3 is 5.97 Å². The van der Waals surface area contributed by atoms with Crippen molar-refractivity contribution in [3.8, 4) is 0 Å². The van der Waals surface area contributed by atoms with Crippen molar-refractivity contribution in [2.75, 3.05) is 13.2 Å². The number of carbonyl (C=O) groups is 1. The van der Waals surface area contributed by atoms with E-state index in [1.807, 2.05) is 0 Å². The average molecular weight is 280 g/mol. The van der Waals surface area contributed by atoms with Crippen molar-refractivity contribution in [2.24, 2.45) is 5.41 Å². The van der Waals surface area contributed by atoms with Crippen LogP contribution in [-0.4, -0.2) is 34.4 Å². The van der Waals surface area contributed by atoms with Crippen molar-refractivity contribution in [1.29, 1.82) is 0 Å². The topological polar surface area (TPSA) is 85.5 Å². The highest BCUT2D eigenvalue weighted by Gasteiger charge is 2.41. The summed E-state index contributed by atoms with van der Waals surface area (Å²) in [6.07, 6.45) is 5.70. The average Bonchev–Trinajstić information content (AvgIpc) is 3.10. The summed E-state index contributed by atoms with van der Waals surface area (Å²) in [6, 6.07) is 0. The number of carboxylic acid groups (broad SMARTS) is 1. The summed E-state index contributed by atoms with van der Waals surface area (Å²) >= 11 is 0. The maximum absolute atomic E-state index is 11.6. The predicted molar refractivity (Wildman–Crippen MR) is 69.3 cm³/mol. The van der Waals surface area contributed by atoms with Crippen molar-refractivity contribution in [2.45, 2.75) is 50.9 Å². The summed E-state index contributed by atoms with van der Waals surface area (Å²) in [5, 5.41) is 13.6. The Bertz CT molecular complexity index is 473. The lowest BCUT2D eigenvalue weighted by Gasteiger charge is -2.31. The van der Waals surface area contributed by atoms with Gasteiger partial charge in [-0.25, -0.2) is 0 Å². The van der Waals surface area contributed by atoms with Crippen molar-refractivity contribution in [3.63, 3.8) is 0 Å². The zero-order chi connectivity index (χ0) is 14.0. The number of rotatable bonds is 4. The van der Waals surface area contributed by atoms with E-state index in [0.29, 0.717) is 37.6 Å². The van der Waals surface area contributed by atoms with Gasteiger partial charge in [-0.3, -0.25) is 4.79 Å². The molecule has 1 saturated carbocycles. The molecule has 20 heavy (non-hydrogen) atoms. The second-order valence-electron chi connectivity index (χ2n) is 5.93. The Kier molecular flexibility index (Phi) is 3.74. The van der Waals surface area contributed by atoms with Crippen LogP contribution in [0.5, 0.6) is 0 Å². The van der Waals surface area contributed by atoms with E-state index in [-0.39, 0.29) is 5.92 Å². The van der Waals surface area contributed by atoms with E-state index in [1.54, 1.807) is 0 Å². The fourth-order valence-corrected chi connectivity index (χ4v) is 3.23. The largest absolute Gasteiger partial charge is 0.481 e. The molecule has 2 aliphatic rings. The second-order valence-corrected chi connectivity index (χ2v) is 5.93. The molecule has 3 rings (SSSR count). The van der Waals surface area contributed by atoms with Gasteiger partial charge in [0.15, 0.2) is 5.82 Å². The Hall–Kier alpha value is -1.43. The highest BCUT2D eigenvalue weighted by Crippen LogP contribution is 2.39. The molecule has 1 aromatic heterocycles. The first-order chi connectivity index (χ1) is 9.70. The van der Waals surface area contributed by atoms with E-state index in [2.05, 4.69) is 10.1 Å². The molecule has 0 spiro atoms. The van der Waals surface area contributed by atoms with Gasteiger partial charge < -0.3 is 14.4 Å². The lowest BCUT2D eigenvalue weighted by atomic mass is 9.72. The molecule has 1 aliphatic carbocycles. The van der Waals surface area contributed by atoms with Gasteiger partial charge in [-0.2, -0.15) is 4.98 Å². The summed E-state index contributed by atoms with van der Waals surface area (Å²) in [4.78, 5) is 16.0. The summed E-state index contributed by atoms with van der Waals surface area (Å²) in [7, 11) is 0. The van der Waals surface area contributed by atoms with Crippen molar-refractivity contribution in [1.82, 2.24) is 10.1 Å². The van der Waals surface area contributed by atoms with Gasteiger partial charge in [-0.05, 0) is 19.3 Å². The number of ether oxygens (including phenoxy) is 1. The normalized spacial score (nSPS) is 25.7. The van der Waals surface area contributed by atoms with E-state index in [1.165, 1.54) is 0 Å². The van der Waals surface area contributed by atoms with Crippen LogP contribution in [0.2, 0.25) is 0 Å². The van der Waals surface area contributed by atoms with Gasteiger partial charge in [0, 0.05) is 18.9 Å². The Morgan fingerprint density at radius 3 is 2.80 bits per heavy atom. The van der Waals surface area contributed by atoms with Crippen LogP contribution in [0.15, 0.2) is 4.52 Å². The molecule has 6 heteroatoms. The summed E-state index contributed by atoms with van der Waals surface area (Å²) in [5.41, 5.74) is -0.714. The lowest BCUT2D eigenvalue weighted by Crippen LogP contribution is -2.35. The number of carboxylic acids is 1. The third kappa shape index (κ3) is 2.57. The Morgan fingerprint density at radius 1 is 1.35 bits per heavy atom. The van der Waals surface area contributed by atoms with Crippen molar-refractivity contribution in [3.05, 3.63) is 11.7 Å². The number of hydrogen-bond donors (Lipinski definition) is 1. The molecular formula is C14H20N2O4. The highest BCUT2D eigenvalue weighted by molar-refractivity contribution is 5.75. The van der Waals surface area contributed by atoms with E-state index < -0.39 is 11.4 Å². The maximum atomic E-state index is 11.6. The van der Waals surface area contributed by atoms with Crippen LogP contribution >= 0.6 is 0 Å². The molecule has 0 amide bonds. The molecule has 0 aromatic carbocycles. The van der Waals surface area contributed by atoms with Crippen LogP contribution in [0, 0.1) is 5.41 Å². The number of nitrogens with zero attached hydrogens (tertiary/aromatic N) is 2. The van der Waals surface area contributed by atoms with Crippen LogP contribution in [0.3, 0.4) is 0 Å². The minimum Gasteiger partial charge on any atom is -0.481 e. The fourth-order valence-electron chi connectivity index (χ4n) is 3.23. The molecule has 1 unspecified atom stereocenters. The van der Waals surface area contributed by atoms with E-state index in [4.69, 9.17) is 9.26 Å². The Morgan fingerprint density at radius 2 is 2.15 bits per heavy atom. The highest BCUT2D eigenvalue weighted by atomic mass is 16.5. The molecular weight excluding hydrogens is 260 g/mol. The minimum atomic E-state index is -0.735. The second kappa shape index (κ2) is 5.52. The van der Waals surface area contributed by atoms with Crippen LogP contribution < -0.4 is 0 Å². The maximum Gasteiger partial charge on any atom is 0.310 e. The SMILES string of the molecule is O=C(O)C1(Cc2nc(C3CCOC3)no2)CCCCC1. The molecule has 1 N–H and O–H groups in total. The summed E-state index contributed by atoms with van der Waals surface area (Å²) in [5.74, 6) is 0.575. The molecule has 1 atom stereocenters. The van der Waals surface area contributed by atoms with Crippen LogP contribution in [0.25, 0.3) is 0 Å². The quantitative estimate of drug-likeness (QED) is 0.909. The number of aliphatic carboxylic acids is 1. The first kappa shape index (κ1) is 13.5. The molecule has 110 valence electrons.